The Labute approximate surface area is 187 Å². The number of aromatic nitrogens is 1. The second-order valence-corrected chi connectivity index (χ2v) is 10.1. The maximum absolute atomic E-state index is 13.1. The molecule has 166 valence electrons. The highest BCUT2D eigenvalue weighted by atomic mass is 32.2. The van der Waals surface area contributed by atoms with Gasteiger partial charge in [-0.2, -0.15) is 0 Å². The van der Waals surface area contributed by atoms with Gasteiger partial charge in [0.15, 0.2) is 0 Å². The van der Waals surface area contributed by atoms with Gasteiger partial charge in [0.05, 0.1) is 17.7 Å². The summed E-state index contributed by atoms with van der Waals surface area (Å²) >= 11 is 0. The predicted octanol–water partition coefficient (Wildman–Crippen LogP) is 3.52. The Balaban J connectivity index is 1.50. The van der Waals surface area contributed by atoms with E-state index in [0.29, 0.717) is 6.54 Å². The molecule has 1 aliphatic heterocycles. The van der Waals surface area contributed by atoms with Crippen LogP contribution in [0.4, 0.5) is 5.69 Å². The molecule has 31 heavy (non-hydrogen) atoms. The molecule has 1 atom stereocenters. The summed E-state index contributed by atoms with van der Waals surface area (Å²) in [5, 5.41) is 1.21. The molecule has 7 heteroatoms. The van der Waals surface area contributed by atoms with Gasteiger partial charge in [-0.05, 0) is 36.9 Å². The predicted molar refractivity (Wildman–Crippen MR) is 128 cm³/mol. The zero-order chi connectivity index (χ0) is 22.0. The molecule has 0 aliphatic carbocycles. The Hall–Kier alpha value is -2.35. The van der Waals surface area contributed by atoms with Gasteiger partial charge in [-0.25, -0.2) is 8.93 Å². The van der Waals surface area contributed by atoms with Crippen molar-refractivity contribution in [1.82, 2.24) is 14.6 Å². The number of nitrogens with zero attached hydrogens (tertiary/aromatic N) is 2. The molecule has 2 N–H and O–H groups in total. The second-order valence-electron chi connectivity index (χ2n) is 8.85. The van der Waals surface area contributed by atoms with Crippen LogP contribution in [-0.4, -0.2) is 61.0 Å². The van der Waals surface area contributed by atoms with Crippen LogP contribution in [-0.2, 0) is 16.4 Å². The summed E-state index contributed by atoms with van der Waals surface area (Å²) in [6.07, 6.45) is 2.06. The van der Waals surface area contributed by atoms with Crippen LogP contribution in [0.25, 0.3) is 10.9 Å². The van der Waals surface area contributed by atoms with E-state index in [4.69, 9.17) is 4.74 Å². The number of para-hydroxylation sites is 1. The van der Waals surface area contributed by atoms with E-state index in [1.807, 2.05) is 24.3 Å². The first-order chi connectivity index (χ1) is 14.9. The van der Waals surface area contributed by atoms with Crippen molar-refractivity contribution in [2.24, 2.45) is 0 Å². The van der Waals surface area contributed by atoms with Crippen molar-refractivity contribution in [3.05, 3.63) is 54.2 Å². The molecule has 1 aromatic heterocycles. The number of rotatable bonds is 7. The molecule has 0 spiro atoms. The molecule has 1 aliphatic rings. The standard InChI is InChI=1S/C24H32N4O2S/c1-24(2,20-16-25-21-8-6-5-7-19(20)21)17-26-31(29)18-9-10-23(30-4)22(15-18)28-13-11-27(3)12-14-28/h5-10,15-16,25-26H,11-14,17H2,1-4H3. The number of likely N-dealkylation sites (N-methyl/N-ethyl adjacent to an activating group) is 1. The Kier molecular flexibility index (Phi) is 6.36. The maximum Gasteiger partial charge on any atom is 0.142 e. The van der Waals surface area contributed by atoms with Gasteiger partial charge >= 0.3 is 0 Å². The molecule has 0 bridgehead atoms. The van der Waals surface area contributed by atoms with Crippen LogP contribution in [0.2, 0.25) is 0 Å². The second kappa shape index (κ2) is 9.02. The maximum atomic E-state index is 13.1. The van der Waals surface area contributed by atoms with E-state index in [1.54, 1.807) is 7.11 Å². The lowest BCUT2D eigenvalue weighted by Gasteiger charge is -2.35. The van der Waals surface area contributed by atoms with Gasteiger partial charge in [0.25, 0.3) is 0 Å². The minimum absolute atomic E-state index is 0.179. The molecule has 1 unspecified atom stereocenters. The summed E-state index contributed by atoms with van der Waals surface area (Å²) in [4.78, 5) is 8.75. The fraction of sp³-hybridized carbons (Fsp3) is 0.417. The summed E-state index contributed by atoms with van der Waals surface area (Å²) in [7, 11) is 2.52. The van der Waals surface area contributed by atoms with Gasteiger partial charge in [0.1, 0.15) is 16.7 Å². The molecule has 4 rings (SSSR count). The molecule has 1 fully saturated rings. The number of hydrogen-bond acceptors (Lipinski definition) is 4. The lowest BCUT2D eigenvalue weighted by Crippen LogP contribution is -2.44. The molecule has 6 nitrogen and oxygen atoms in total. The summed E-state index contributed by atoms with van der Waals surface area (Å²) < 4.78 is 22.0. The van der Waals surface area contributed by atoms with Crippen molar-refractivity contribution in [3.8, 4) is 5.75 Å². The minimum atomic E-state index is -1.31. The van der Waals surface area contributed by atoms with Crippen LogP contribution in [0.1, 0.15) is 19.4 Å². The molecule has 2 heterocycles. The third-order valence-corrected chi connectivity index (χ3v) is 7.26. The topological polar surface area (TPSA) is 60.6 Å². The Bertz CT molecular complexity index is 1070. The summed E-state index contributed by atoms with van der Waals surface area (Å²) in [5.74, 6) is 0.824. The van der Waals surface area contributed by atoms with E-state index in [1.165, 1.54) is 10.9 Å². The average Bonchev–Trinajstić information content (AvgIpc) is 3.23. The van der Waals surface area contributed by atoms with Gasteiger partial charge < -0.3 is 19.5 Å². The number of ether oxygens (including phenoxy) is 1. The zero-order valence-corrected chi connectivity index (χ0v) is 19.6. The van der Waals surface area contributed by atoms with Crippen molar-refractivity contribution in [2.75, 3.05) is 51.8 Å². The highest BCUT2D eigenvalue weighted by molar-refractivity contribution is 7.83. The third kappa shape index (κ3) is 4.63. The van der Waals surface area contributed by atoms with Crippen LogP contribution in [0, 0.1) is 0 Å². The van der Waals surface area contributed by atoms with Crippen molar-refractivity contribution in [1.29, 1.82) is 0 Å². The molecule has 0 radical (unpaired) electrons. The lowest BCUT2D eigenvalue weighted by molar-refractivity contribution is 0.311. The number of H-pyrrole nitrogens is 1. The fourth-order valence-electron chi connectivity index (χ4n) is 4.14. The molecule has 3 aromatic rings. The quantitative estimate of drug-likeness (QED) is 0.590. The van der Waals surface area contributed by atoms with Gasteiger partial charge in [0.2, 0.25) is 0 Å². The first kappa shape index (κ1) is 21.9. The van der Waals surface area contributed by atoms with Crippen molar-refractivity contribution < 1.29 is 8.95 Å². The Morgan fingerprint density at radius 2 is 1.87 bits per heavy atom. The monoisotopic (exact) mass is 440 g/mol. The minimum Gasteiger partial charge on any atom is -0.495 e. The Morgan fingerprint density at radius 3 is 2.61 bits per heavy atom. The number of aromatic amines is 1. The van der Waals surface area contributed by atoms with Crippen LogP contribution < -0.4 is 14.4 Å². The summed E-state index contributed by atoms with van der Waals surface area (Å²) in [6, 6.07) is 14.1. The normalized spacial score (nSPS) is 16.6. The van der Waals surface area contributed by atoms with E-state index in [0.717, 1.165) is 48.0 Å². The molecular weight excluding hydrogens is 408 g/mol. The van der Waals surface area contributed by atoms with Gasteiger partial charge in [-0.3, -0.25) is 0 Å². The van der Waals surface area contributed by atoms with Crippen molar-refractivity contribution >= 4 is 27.6 Å². The van der Waals surface area contributed by atoms with Crippen molar-refractivity contribution in [2.45, 2.75) is 24.2 Å². The fourth-order valence-corrected chi connectivity index (χ4v) is 5.20. The van der Waals surface area contributed by atoms with Crippen LogP contribution >= 0.6 is 0 Å². The van der Waals surface area contributed by atoms with Crippen LogP contribution in [0.15, 0.2) is 53.6 Å². The number of hydrogen-bond donors (Lipinski definition) is 2. The van der Waals surface area contributed by atoms with Gasteiger partial charge in [-0.15, -0.1) is 0 Å². The zero-order valence-electron chi connectivity index (χ0n) is 18.8. The van der Waals surface area contributed by atoms with Crippen LogP contribution in [0.5, 0.6) is 5.75 Å². The number of nitrogens with one attached hydrogen (secondary N) is 2. The Morgan fingerprint density at radius 1 is 1.13 bits per heavy atom. The first-order valence-electron chi connectivity index (χ1n) is 10.7. The first-order valence-corrected chi connectivity index (χ1v) is 11.9. The number of benzene rings is 2. The van der Waals surface area contributed by atoms with Crippen LogP contribution in [0.3, 0.4) is 0 Å². The molecule has 2 aromatic carbocycles. The highest BCUT2D eigenvalue weighted by Gasteiger charge is 2.25. The molecule has 0 saturated carbocycles. The average molecular weight is 441 g/mol. The number of anilines is 1. The van der Waals surface area contributed by atoms with Gasteiger partial charge in [0, 0.05) is 55.2 Å². The number of piperazine rings is 1. The summed E-state index contributed by atoms with van der Waals surface area (Å²) in [6.45, 7) is 8.83. The van der Waals surface area contributed by atoms with Crippen molar-refractivity contribution in [3.63, 3.8) is 0 Å². The molecule has 0 amide bonds. The lowest BCUT2D eigenvalue weighted by atomic mass is 9.85. The van der Waals surface area contributed by atoms with Gasteiger partial charge in [-0.1, -0.05) is 32.0 Å². The number of fused-ring (bicyclic) bond motifs is 1. The third-order valence-electron chi connectivity index (χ3n) is 6.17. The smallest absolute Gasteiger partial charge is 0.142 e. The number of methoxy groups -OCH3 is 1. The highest BCUT2D eigenvalue weighted by Crippen LogP contribution is 2.32. The van der Waals surface area contributed by atoms with E-state index >= 15 is 0 Å². The van der Waals surface area contributed by atoms with E-state index in [9.17, 15) is 4.21 Å². The van der Waals surface area contributed by atoms with E-state index in [2.05, 4.69) is 64.8 Å². The largest absolute Gasteiger partial charge is 0.495 e. The van der Waals surface area contributed by atoms with E-state index < -0.39 is 11.0 Å². The molecular formula is C24H32N4O2S. The van der Waals surface area contributed by atoms with E-state index in [-0.39, 0.29) is 5.41 Å². The molecule has 1 saturated heterocycles. The summed E-state index contributed by atoms with van der Waals surface area (Å²) in [5.41, 5.74) is 3.18. The SMILES string of the molecule is COc1ccc(S(=O)NCC(C)(C)c2c[nH]c3ccccc23)cc1N1CCN(C)CC1.